The minimum atomic E-state index is -4.50. The number of halogens is 3. The summed E-state index contributed by atoms with van der Waals surface area (Å²) < 4.78 is 38.4. The van der Waals surface area contributed by atoms with Gasteiger partial charge in [0.15, 0.2) is 0 Å². The molecule has 0 radical (unpaired) electrons. The highest BCUT2D eigenvalue weighted by Gasteiger charge is 2.33. The Hall–Kier alpha value is -2.64. The molecule has 1 amide bonds. The number of anilines is 1. The average Bonchev–Trinajstić information content (AvgIpc) is 2.67. The molecule has 1 fully saturated rings. The summed E-state index contributed by atoms with van der Waals surface area (Å²) in [7, 11) is 0. The van der Waals surface area contributed by atoms with E-state index in [2.05, 4.69) is 23.8 Å². The number of carbonyl (C=O) groups excluding carboxylic acids is 1. The van der Waals surface area contributed by atoms with E-state index in [-0.39, 0.29) is 11.9 Å². The fraction of sp³-hybridized carbons (Fsp3) is 0.421. The summed E-state index contributed by atoms with van der Waals surface area (Å²) in [5.41, 5.74) is 0.817. The van der Waals surface area contributed by atoms with E-state index < -0.39 is 11.9 Å². The lowest BCUT2D eigenvalue weighted by molar-refractivity contribution is -0.141. The van der Waals surface area contributed by atoms with Crippen molar-refractivity contribution in [1.82, 2.24) is 14.9 Å². The van der Waals surface area contributed by atoms with Gasteiger partial charge in [-0.2, -0.15) is 13.2 Å². The molecule has 0 saturated carbocycles. The van der Waals surface area contributed by atoms with Gasteiger partial charge in [0.05, 0.1) is 0 Å². The largest absolute Gasteiger partial charge is 0.433 e. The SMILES string of the molecule is CC(C)c1ccc(C(=O)N2CCN(c3nccc(C(F)(F)F)n3)CC2)cc1. The van der Waals surface area contributed by atoms with Gasteiger partial charge in [-0.25, -0.2) is 9.97 Å². The predicted octanol–water partition coefficient (Wildman–Crippen LogP) is 3.58. The summed E-state index contributed by atoms with van der Waals surface area (Å²) in [5, 5.41) is 0. The lowest BCUT2D eigenvalue weighted by Crippen LogP contribution is -2.49. The van der Waals surface area contributed by atoms with E-state index in [9.17, 15) is 18.0 Å². The van der Waals surface area contributed by atoms with Crippen LogP contribution in [0.15, 0.2) is 36.5 Å². The van der Waals surface area contributed by atoms with E-state index in [1.165, 1.54) is 0 Å². The Morgan fingerprint density at radius 1 is 1.04 bits per heavy atom. The summed E-state index contributed by atoms with van der Waals surface area (Å²) in [4.78, 5) is 23.6. The molecule has 1 aromatic carbocycles. The second-order valence-electron chi connectivity index (χ2n) is 6.80. The number of aromatic nitrogens is 2. The fourth-order valence-corrected chi connectivity index (χ4v) is 2.96. The zero-order valence-electron chi connectivity index (χ0n) is 15.2. The molecule has 1 aliphatic heterocycles. The normalized spacial score (nSPS) is 15.3. The van der Waals surface area contributed by atoms with Gasteiger partial charge in [-0.3, -0.25) is 4.79 Å². The van der Waals surface area contributed by atoms with Crippen LogP contribution in [0.3, 0.4) is 0 Å². The van der Waals surface area contributed by atoms with Gasteiger partial charge in [0.1, 0.15) is 5.69 Å². The van der Waals surface area contributed by atoms with E-state index >= 15 is 0 Å². The summed E-state index contributed by atoms with van der Waals surface area (Å²) in [6, 6.07) is 8.39. The Kier molecular flexibility index (Phi) is 5.34. The van der Waals surface area contributed by atoms with Gasteiger partial charge in [0, 0.05) is 37.9 Å². The third-order valence-electron chi connectivity index (χ3n) is 4.61. The molecule has 5 nitrogen and oxygen atoms in total. The Labute approximate surface area is 155 Å². The van der Waals surface area contributed by atoms with Crippen LogP contribution in [0.1, 0.15) is 41.4 Å². The molecule has 1 saturated heterocycles. The number of rotatable bonds is 3. The van der Waals surface area contributed by atoms with Crippen LogP contribution in [0.25, 0.3) is 0 Å². The van der Waals surface area contributed by atoms with Gasteiger partial charge in [-0.1, -0.05) is 26.0 Å². The second kappa shape index (κ2) is 7.54. The number of amides is 1. The number of alkyl halides is 3. The molecular weight excluding hydrogens is 357 g/mol. The summed E-state index contributed by atoms with van der Waals surface area (Å²) in [6.07, 6.45) is -3.39. The standard InChI is InChI=1S/C19H21F3N4O/c1-13(2)14-3-5-15(6-4-14)17(27)25-9-11-26(12-10-25)18-23-8-7-16(24-18)19(20,21)22/h3-8,13H,9-12H2,1-2H3. The first kappa shape index (κ1) is 19.1. The van der Waals surface area contributed by atoms with E-state index in [0.29, 0.717) is 37.7 Å². The van der Waals surface area contributed by atoms with Gasteiger partial charge >= 0.3 is 6.18 Å². The van der Waals surface area contributed by atoms with Crippen molar-refractivity contribution in [2.75, 3.05) is 31.1 Å². The van der Waals surface area contributed by atoms with Crippen molar-refractivity contribution >= 4 is 11.9 Å². The number of hydrogen-bond acceptors (Lipinski definition) is 4. The quantitative estimate of drug-likeness (QED) is 0.819. The molecular formula is C19H21F3N4O. The van der Waals surface area contributed by atoms with Crippen LogP contribution in [0.4, 0.5) is 19.1 Å². The lowest BCUT2D eigenvalue weighted by Gasteiger charge is -2.35. The van der Waals surface area contributed by atoms with Gasteiger partial charge in [0.25, 0.3) is 5.91 Å². The molecule has 0 aliphatic carbocycles. The van der Waals surface area contributed by atoms with Crippen molar-refractivity contribution in [3.8, 4) is 0 Å². The topological polar surface area (TPSA) is 49.3 Å². The fourth-order valence-electron chi connectivity index (χ4n) is 2.96. The first-order chi connectivity index (χ1) is 12.8. The minimum Gasteiger partial charge on any atom is -0.337 e. The van der Waals surface area contributed by atoms with Gasteiger partial charge in [-0.15, -0.1) is 0 Å². The molecule has 27 heavy (non-hydrogen) atoms. The van der Waals surface area contributed by atoms with Crippen LogP contribution in [-0.2, 0) is 6.18 Å². The van der Waals surface area contributed by atoms with E-state index in [1.54, 1.807) is 9.80 Å². The molecule has 8 heteroatoms. The zero-order valence-corrected chi connectivity index (χ0v) is 15.2. The monoisotopic (exact) mass is 378 g/mol. The molecule has 144 valence electrons. The maximum Gasteiger partial charge on any atom is 0.433 e. The Morgan fingerprint density at radius 2 is 1.67 bits per heavy atom. The van der Waals surface area contributed by atoms with E-state index in [1.807, 2.05) is 24.3 Å². The maximum atomic E-state index is 12.8. The lowest BCUT2D eigenvalue weighted by atomic mass is 10.0. The van der Waals surface area contributed by atoms with Crippen LogP contribution < -0.4 is 4.90 Å². The maximum absolute atomic E-state index is 12.8. The van der Waals surface area contributed by atoms with Crippen molar-refractivity contribution in [2.24, 2.45) is 0 Å². The molecule has 0 unspecified atom stereocenters. The Bertz CT molecular complexity index is 797. The van der Waals surface area contributed by atoms with Gasteiger partial charge in [-0.05, 0) is 29.7 Å². The number of hydrogen-bond donors (Lipinski definition) is 0. The van der Waals surface area contributed by atoms with Crippen LogP contribution >= 0.6 is 0 Å². The summed E-state index contributed by atoms with van der Waals surface area (Å²) in [5.74, 6) is 0.360. The van der Waals surface area contributed by atoms with Crippen molar-refractivity contribution in [1.29, 1.82) is 0 Å². The molecule has 0 N–H and O–H groups in total. The molecule has 2 heterocycles. The smallest absolute Gasteiger partial charge is 0.337 e. The molecule has 1 aliphatic rings. The number of nitrogens with zero attached hydrogens (tertiary/aromatic N) is 4. The molecule has 2 aromatic rings. The predicted molar refractivity (Wildman–Crippen MR) is 95.7 cm³/mol. The second-order valence-corrected chi connectivity index (χ2v) is 6.80. The van der Waals surface area contributed by atoms with E-state index in [4.69, 9.17) is 0 Å². The molecule has 3 rings (SSSR count). The summed E-state index contributed by atoms with van der Waals surface area (Å²) in [6.45, 7) is 5.76. The van der Waals surface area contributed by atoms with Crippen molar-refractivity contribution in [2.45, 2.75) is 25.9 Å². The number of piperazine rings is 1. The van der Waals surface area contributed by atoms with Crippen LogP contribution in [0.2, 0.25) is 0 Å². The third kappa shape index (κ3) is 4.37. The molecule has 1 aromatic heterocycles. The van der Waals surface area contributed by atoms with Crippen LogP contribution in [0, 0.1) is 0 Å². The van der Waals surface area contributed by atoms with Crippen molar-refractivity contribution in [3.63, 3.8) is 0 Å². The third-order valence-corrected chi connectivity index (χ3v) is 4.61. The van der Waals surface area contributed by atoms with Crippen LogP contribution in [0.5, 0.6) is 0 Å². The van der Waals surface area contributed by atoms with Crippen LogP contribution in [-0.4, -0.2) is 47.0 Å². The number of benzene rings is 1. The van der Waals surface area contributed by atoms with Crippen molar-refractivity contribution in [3.05, 3.63) is 53.3 Å². The molecule has 0 spiro atoms. The average molecular weight is 378 g/mol. The Morgan fingerprint density at radius 3 is 2.22 bits per heavy atom. The number of carbonyl (C=O) groups is 1. The zero-order chi connectivity index (χ0) is 19.6. The Balaban J connectivity index is 1.64. The van der Waals surface area contributed by atoms with Crippen molar-refractivity contribution < 1.29 is 18.0 Å². The first-order valence-corrected chi connectivity index (χ1v) is 8.80. The molecule has 0 atom stereocenters. The molecule has 0 bridgehead atoms. The highest BCUT2D eigenvalue weighted by atomic mass is 19.4. The highest BCUT2D eigenvalue weighted by molar-refractivity contribution is 5.94. The summed E-state index contributed by atoms with van der Waals surface area (Å²) >= 11 is 0. The first-order valence-electron chi connectivity index (χ1n) is 8.80. The van der Waals surface area contributed by atoms with Gasteiger partial charge < -0.3 is 9.80 Å². The minimum absolute atomic E-state index is 0.0400. The van der Waals surface area contributed by atoms with E-state index in [0.717, 1.165) is 17.8 Å². The van der Waals surface area contributed by atoms with Gasteiger partial charge in [0.2, 0.25) is 5.95 Å². The highest BCUT2D eigenvalue weighted by Crippen LogP contribution is 2.28.